The van der Waals surface area contributed by atoms with E-state index in [0.29, 0.717) is 5.02 Å². The molecule has 2 atom stereocenters. The molecule has 1 heterocycles. The van der Waals surface area contributed by atoms with E-state index in [1.165, 1.54) is 24.3 Å². The first kappa shape index (κ1) is 26.0. The van der Waals surface area contributed by atoms with E-state index in [4.69, 9.17) is 69.6 Å². The van der Waals surface area contributed by atoms with Gasteiger partial charge in [0.2, 0.25) is 13.2 Å². The molecule has 2 aromatic carbocycles. The van der Waals surface area contributed by atoms with Gasteiger partial charge in [0.25, 0.3) is 0 Å². The van der Waals surface area contributed by atoms with Crippen LogP contribution in [0.25, 0.3) is 0 Å². The first-order valence-corrected chi connectivity index (χ1v) is 14.5. The average Bonchev–Trinajstić information content (AvgIpc) is 2.72. The maximum absolute atomic E-state index is 13.9. The van der Waals surface area contributed by atoms with Crippen molar-refractivity contribution in [2.45, 2.75) is 33.5 Å². The van der Waals surface area contributed by atoms with Crippen molar-refractivity contribution in [2.24, 2.45) is 0 Å². The lowest BCUT2D eigenvalue weighted by Crippen LogP contribution is -2.44. The molecule has 3 rings (SSSR count). The summed E-state index contributed by atoms with van der Waals surface area (Å²) in [6.45, 7) is 3.64. The third-order valence-electron chi connectivity index (χ3n) is 4.87. The van der Waals surface area contributed by atoms with Crippen LogP contribution < -0.4 is 0 Å². The summed E-state index contributed by atoms with van der Waals surface area (Å²) in [5.41, 5.74) is 1.67. The highest BCUT2D eigenvalue weighted by molar-refractivity contribution is 8.27. The molecular formula is C19H14Cl6O3S3. The van der Waals surface area contributed by atoms with E-state index in [-0.39, 0.29) is 47.1 Å². The molecule has 0 fully saturated rings. The van der Waals surface area contributed by atoms with Gasteiger partial charge in [-0.25, -0.2) is 8.42 Å². The van der Waals surface area contributed by atoms with Crippen molar-refractivity contribution in [1.82, 2.24) is 0 Å². The van der Waals surface area contributed by atoms with Crippen LogP contribution >= 0.6 is 81.4 Å². The van der Waals surface area contributed by atoms with E-state index in [0.717, 1.165) is 22.9 Å². The van der Waals surface area contributed by atoms with E-state index < -0.39 is 24.0 Å². The standard InChI is InChI=1S/C19H14Cl6O3S3/c1-9-7-19(30(26)8-10(9)2,31(27,28)12-5-3-11(20)4-6-12)29-18-16(24)14(22)13(21)15(23)17(18)25/h3-6H,7-8H2,1-2H3. The van der Waals surface area contributed by atoms with Gasteiger partial charge in [0.05, 0.1) is 45.7 Å². The smallest absolute Gasteiger partial charge is 0.206 e. The van der Waals surface area contributed by atoms with Crippen molar-refractivity contribution in [3.8, 4) is 0 Å². The zero-order chi connectivity index (χ0) is 23.3. The fourth-order valence-electron chi connectivity index (χ4n) is 2.96. The summed E-state index contributed by atoms with van der Waals surface area (Å²) in [4.78, 5) is 0.0736. The zero-order valence-electron chi connectivity index (χ0n) is 15.9. The minimum atomic E-state index is -4.18. The van der Waals surface area contributed by atoms with Gasteiger partial charge in [-0.1, -0.05) is 92.5 Å². The SMILES string of the molecule is CC1=C(C)CC(Sc2c(Cl)c(Cl)c(Cl)c(Cl)c2Cl)(S(=O)(=O)c2ccc(Cl)cc2)S(=O)C1. The van der Waals surface area contributed by atoms with Crippen LogP contribution in [0.15, 0.2) is 45.2 Å². The second kappa shape index (κ2) is 9.55. The Hall–Kier alpha value is 0.370. The lowest BCUT2D eigenvalue weighted by molar-refractivity contribution is 0.584. The quantitative estimate of drug-likeness (QED) is 0.202. The molecule has 0 radical (unpaired) electrons. The lowest BCUT2D eigenvalue weighted by atomic mass is 10.1. The van der Waals surface area contributed by atoms with Gasteiger partial charge >= 0.3 is 0 Å². The molecule has 1 aliphatic heterocycles. The van der Waals surface area contributed by atoms with Crippen molar-refractivity contribution in [2.75, 3.05) is 5.75 Å². The number of halogens is 6. The third kappa shape index (κ3) is 4.54. The van der Waals surface area contributed by atoms with Gasteiger partial charge in [-0.15, -0.1) is 0 Å². The lowest BCUT2D eigenvalue weighted by Gasteiger charge is -2.36. The summed E-state index contributed by atoms with van der Waals surface area (Å²) in [7, 11) is -6.03. The maximum atomic E-state index is 13.9. The highest BCUT2D eigenvalue weighted by Gasteiger charge is 2.54. The fourth-order valence-corrected chi connectivity index (χ4v) is 11.3. The van der Waals surface area contributed by atoms with Crippen LogP contribution in [0.4, 0.5) is 0 Å². The first-order chi connectivity index (χ1) is 14.3. The number of hydrogen-bond acceptors (Lipinski definition) is 4. The van der Waals surface area contributed by atoms with Gasteiger partial charge in [0, 0.05) is 17.2 Å². The van der Waals surface area contributed by atoms with Gasteiger partial charge in [-0.2, -0.15) is 0 Å². The number of hydrogen-bond donors (Lipinski definition) is 0. The van der Waals surface area contributed by atoms with Crippen molar-refractivity contribution < 1.29 is 12.6 Å². The molecule has 0 aromatic heterocycles. The van der Waals surface area contributed by atoms with E-state index >= 15 is 0 Å². The Labute approximate surface area is 217 Å². The van der Waals surface area contributed by atoms with E-state index in [9.17, 15) is 12.6 Å². The summed E-state index contributed by atoms with van der Waals surface area (Å²) in [5.74, 6) is 0.0793. The number of benzene rings is 2. The molecule has 31 heavy (non-hydrogen) atoms. The van der Waals surface area contributed by atoms with Gasteiger partial charge in [-0.3, -0.25) is 4.21 Å². The molecule has 168 valence electrons. The molecule has 0 amide bonds. The molecule has 3 nitrogen and oxygen atoms in total. The number of rotatable bonds is 4. The molecule has 0 saturated heterocycles. The summed E-state index contributed by atoms with van der Waals surface area (Å²) in [5, 5.41) is 0.0812. The number of thioether (sulfide) groups is 1. The van der Waals surface area contributed by atoms with Crippen LogP contribution in [-0.2, 0) is 20.6 Å². The summed E-state index contributed by atoms with van der Waals surface area (Å²) in [6, 6.07) is 5.68. The van der Waals surface area contributed by atoms with Gasteiger partial charge in [0.15, 0.2) is 0 Å². The Bertz CT molecular complexity index is 1200. The molecule has 2 aromatic rings. The highest BCUT2D eigenvalue weighted by Crippen LogP contribution is 2.56. The van der Waals surface area contributed by atoms with Crippen LogP contribution in [-0.4, -0.2) is 21.8 Å². The monoisotopic (exact) mass is 596 g/mol. The largest absolute Gasteiger partial charge is 0.257 e. The maximum Gasteiger partial charge on any atom is 0.206 e. The van der Waals surface area contributed by atoms with E-state index in [1.807, 2.05) is 13.8 Å². The molecule has 1 aliphatic rings. The number of allylic oxidation sites excluding steroid dienone is 1. The van der Waals surface area contributed by atoms with Gasteiger partial charge in [0.1, 0.15) is 0 Å². The summed E-state index contributed by atoms with van der Waals surface area (Å²) < 4.78 is 39.5. The molecule has 12 heteroatoms. The van der Waals surface area contributed by atoms with Crippen LogP contribution in [0, 0.1) is 0 Å². The summed E-state index contributed by atoms with van der Waals surface area (Å²) in [6.07, 6.45) is -0.00834. The minimum absolute atomic E-state index is 0.00834. The minimum Gasteiger partial charge on any atom is -0.257 e. The summed E-state index contributed by atoms with van der Waals surface area (Å²) >= 11 is 37.9. The molecule has 2 unspecified atom stereocenters. The molecule has 0 N–H and O–H groups in total. The Balaban J connectivity index is 2.30. The van der Waals surface area contributed by atoms with Crippen LogP contribution in [0.1, 0.15) is 20.3 Å². The van der Waals surface area contributed by atoms with Gasteiger partial charge < -0.3 is 0 Å². The highest BCUT2D eigenvalue weighted by atomic mass is 35.5. The predicted molar refractivity (Wildman–Crippen MR) is 135 cm³/mol. The predicted octanol–water partition coefficient (Wildman–Crippen LogP) is 8.32. The normalized spacial score (nSPS) is 22.1. The molecular weight excluding hydrogens is 585 g/mol. The Morgan fingerprint density at radius 3 is 1.84 bits per heavy atom. The van der Waals surface area contributed by atoms with E-state index in [1.54, 1.807) is 0 Å². The average molecular weight is 599 g/mol. The third-order valence-corrected chi connectivity index (χ3v) is 15.0. The topological polar surface area (TPSA) is 51.2 Å². The van der Waals surface area contributed by atoms with E-state index in [2.05, 4.69) is 0 Å². The Morgan fingerprint density at radius 1 is 0.839 bits per heavy atom. The first-order valence-electron chi connectivity index (χ1n) is 8.58. The van der Waals surface area contributed by atoms with Crippen molar-refractivity contribution in [3.05, 3.63) is 65.5 Å². The molecule has 0 aliphatic carbocycles. The second-order valence-electron chi connectivity index (χ2n) is 6.87. The Kier molecular flexibility index (Phi) is 8.01. The number of sulfone groups is 1. The van der Waals surface area contributed by atoms with Crippen LogP contribution in [0.3, 0.4) is 0 Å². The van der Waals surface area contributed by atoms with Crippen LogP contribution in [0.2, 0.25) is 30.1 Å². The van der Waals surface area contributed by atoms with Crippen molar-refractivity contribution >= 4 is 102 Å². The fraction of sp³-hybridized carbons (Fsp3) is 0.263. The van der Waals surface area contributed by atoms with Crippen molar-refractivity contribution in [1.29, 1.82) is 0 Å². The molecule has 0 saturated carbocycles. The second-order valence-corrected chi connectivity index (χ2v) is 15.1. The zero-order valence-corrected chi connectivity index (χ0v) is 22.9. The van der Waals surface area contributed by atoms with Crippen LogP contribution in [0.5, 0.6) is 0 Å². The van der Waals surface area contributed by atoms with Crippen molar-refractivity contribution in [3.63, 3.8) is 0 Å². The molecule has 0 spiro atoms. The molecule has 0 bridgehead atoms. The van der Waals surface area contributed by atoms with Gasteiger partial charge in [-0.05, 0) is 38.1 Å². The Morgan fingerprint density at radius 2 is 1.32 bits per heavy atom.